The summed E-state index contributed by atoms with van der Waals surface area (Å²) in [6, 6.07) is 65.2. The number of fused-ring (bicyclic) bond motifs is 13. The van der Waals surface area contributed by atoms with Crippen LogP contribution in [0.25, 0.3) is 93.2 Å². The van der Waals surface area contributed by atoms with E-state index in [1.165, 1.54) is 105 Å². The summed E-state index contributed by atoms with van der Waals surface area (Å²) in [7, 11) is 0. The Morgan fingerprint density at radius 3 is 1.80 bits per heavy atom. The van der Waals surface area contributed by atoms with Gasteiger partial charge in [-0.1, -0.05) is 127 Å². The highest BCUT2D eigenvalue weighted by atomic mass is 32.1. The number of benzene rings is 9. The third kappa shape index (κ3) is 4.42. The smallest absolute Gasteiger partial charge is 0.0640 e. The Kier molecular flexibility index (Phi) is 6.61. The number of hydrogen-bond acceptors (Lipinski definition) is 4. The van der Waals surface area contributed by atoms with E-state index in [0.29, 0.717) is 0 Å². The summed E-state index contributed by atoms with van der Waals surface area (Å²) >= 11 is 5.71. The first-order chi connectivity index (χ1) is 26.8. The quantitative estimate of drug-likeness (QED) is 0.174. The minimum atomic E-state index is 1.14. The van der Waals surface area contributed by atoms with Crippen molar-refractivity contribution in [3.8, 4) is 11.1 Å². The second-order valence-electron chi connectivity index (χ2n) is 14.0. The first kappa shape index (κ1) is 30.4. The maximum atomic E-state index is 2.53. The second kappa shape index (κ2) is 11.7. The van der Waals surface area contributed by atoms with E-state index in [0.717, 1.165) is 5.69 Å². The van der Waals surface area contributed by atoms with Gasteiger partial charge in [0, 0.05) is 61.5 Å². The topological polar surface area (TPSA) is 3.24 Å². The summed E-state index contributed by atoms with van der Waals surface area (Å²) in [4.78, 5) is 2.53. The summed E-state index contributed by atoms with van der Waals surface area (Å²) < 4.78 is 7.93. The molecule has 1 nitrogen and oxygen atoms in total. The van der Waals surface area contributed by atoms with Gasteiger partial charge in [0.2, 0.25) is 0 Å². The van der Waals surface area contributed by atoms with Crippen LogP contribution >= 0.6 is 34.0 Å². The van der Waals surface area contributed by atoms with Gasteiger partial charge >= 0.3 is 0 Å². The highest BCUT2D eigenvalue weighted by Gasteiger charge is 2.24. The third-order valence-corrected chi connectivity index (χ3v) is 14.6. The van der Waals surface area contributed by atoms with E-state index in [1.54, 1.807) is 0 Å². The minimum absolute atomic E-state index is 1.14. The van der Waals surface area contributed by atoms with E-state index < -0.39 is 0 Å². The normalized spacial score (nSPS) is 12.1. The van der Waals surface area contributed by atoms with Crippen LogP contribution in [0.4, 0.5) is 17.1 Å². The molecule has 0 saturated heterocycles. The zero-order chi connectivity index (χ0) is 35.3. The highest BCUT2D eigenvalue weighted by Crippen LogP contribution is 2.52. The van der Waals surface area contributed by atoms with Crippen LogP contribution in [0.15, 0.2) is 176 Å². The molecule has 0 atom stereocenters. The lowest BCUT2D eigenvalue weighted by Gasteiger charge is -2.27. The van der Waals surface area contributed by atoms with Crippen LogP contribution in [0.3, 0.4) is 0 Å². The number of rotatable bonds is 4. The third-order valence-electron chi connectivity index (χ3n) is 11.1. The average molecular weight is 740 g/mol. The SMILES string of the molecule is c1ccc2c(-c3ccc(N(c4cccc5c4sc4ccccc45)c4cccc5sc6ccc7sc8c9ccccc9ccc8c7c6c45)cc3)cccc2c1. The number of thiophene rings is 3. The molecule has 0 saturated carbocycles. The van der Waals surface area contributed by atoms with Crippen LogP contribution in [0.1, 0.15) is 0 Å². The van der Waals surface area contributed by atoms with Crippen molar-refractivity contribution in [2.75, 3.05) is 4.90 Å². The maximum absolute atomic E-state index is 2.53. The van der Waals surface area contributed by atoms with E-state index in [4.69, 9.17) is 0 Å². The standard InChI is InChI=1S/C50H29NS3/c1-3-13-34-30(10-1)12-7-16-35(34)32-22-25-33(26-23-32)51(41-19-8-17-38-37-15-5-6-20-42(37)53-50(38)41)40-18-9-21-43-47(40)48-45(52-43)29-28-44-46(48)39-27-24-31-11-2-4-14-36(31)49(39)54-44/h1-29H. The number of anilines is 3. The monoisotopic (exact) mass is 739 g/mol. The van der Waals surface area contributed by atoms with Gasteiger partial charge in [0.25, 0.3) is 0 Å². The molecule has 0 amide bonds. The van der Waals surface area contributed by atoms with Crippen molar-refractivity contribution >= 4 is 133 Å². The molecule has 0 aliphatic rings. The lowest BCUT2D eigenvalue weighted by Crippen LogP contribution is -2.10. The van der Waals surface area contributed by atoms with Crippen molar-refractivity contribution in [3.63, 3.8) is 0 Å². The van der Waals surface area contributed by atoms with Gasteiger partial charge in [-0.25, -0.2) is 0 Å². The van der Waals surface area contributed by atoms with Crippen LogP contribution in [-0.4, -0.2) is 0 Å². The van der Waals surface area contributed by atoms with Crippen molar-refractivity contribution < 1.29 is 0 Å². The fraction of sp³-hybridized carbons (Fsp3) is 0. The minimum Gasteiger partial charge on any atom is -0.308 e. The van der Waals surface area contributed by atoms with Gasteiger partial charge in [0.15, 0.2) is 0 Å². The molecular weight excluding hydrogens is 711 g/mol. The molecule has 12 rings (SSSR count). The molecule has 9 aromatic carbocycles. The Bertz CT molecular complexity index is 3450. The molecule has 0 unspecified atom stereocenters. The lowest BCUT2D eigenvalue weighted by atomic mass is 9.98. The molecule has 0 aliphatic carbocycles. The predicted octanol–water partition coefficient (Wildman–Crippen LogP) is 16.2. The molecule has 3 heterocycles. The Hall–Kier alpha value is -6.04. The molecule has 12 aromatic rings. The van der Waals surface area contributed by atoms with Crippen LogP contribution in [-0.2, 0) is 0 Å². The van der Waals surface area contributed by atoms with E-state index in [9.17, 15) is 0 Å². The number of hydrogen-bond donors (Lipinski definition) is 0. The van der Waals surface area contributed by atoms with Gasteiger partial charge in [-0.3, -0.25) is 0 Å². The number of nitrogens with zero attached hydrogens (tertiary/aromatic N) is 1. The molecule has 0 spiro atoms. The zero-order valence-electron chi connectivity index (χ0n) is 28.9. The van der Waals surface area contributed by atoms with Gasteiger partial charge in [-0.15, -0.1) is 34.0 Å². The maximum Gasteiger partial charge on any atom is 0.0640 e. The molecule has 0 bridgehead atoms. The van der Waals surface area contributed by atoms with E-state index >= 15 is 0 Å². The van der Waals surface area contributed by atoms with E-state index in [1.807, 2.05) is 34.0 Å². The van der Waals surface area contributed by atoms with Crippen LogP contribution in [0, 0.1) is 0 Å². The fourth-order valence-corrected chi connectivity index (χ4v) is 12.2. The molecule has 0 aliphatic heterocycles. The van der Waals surface area contributed by atoms with Gasteiger partial charge in [0.1, 0.15) is 0 Å². The average Bonchev–Trinajstić information content (AvgIpc) is 3.93. The summed E-state index contributed by atoms with van der Waals surface area (Å²) in [6.45, 7) is 0. The summed E-state index contributed by atoms with van der Waals surface area (Å²) in [5.74, 6) is 0. The Morgan fingerprint density at radius 1 is 0.315 bits per heavy atom. The zero-order valence-corrected chi connectivity index (χ0v) is 31.4. The summed E-state index contributed by atoms with van der Waals surface area (Å²) in [5, 5.41) is 13.1. The molecule has 0 fully saturated rings. The Balaban J connectivity index is 1.16. The molecule has 0 N–H and O–H groups in total. The molecular formula is C50H29NS3. The Labute approximate surface area is 323 Å². The Morgan fingerprint density at radius 2 is 0.926 bits per heavy atom. The first-order valence-electron chi connectivity index (χ1n) is 18.3. The first-order valence-corrected chi connectivity index (χ1v) is 20.7. The lowest BCUT2D eigenvalue weighted by molar-refractivity contribution is 1.32. The molecule has 0 radical (unpaired) electrons. The molecule has 54 heavy (non-hydrogen) atoms. The molecule has 4 heteroatoms. The van der Waals surface area contributed by atoms with Crippen LogP contribution in [0.5, 0.6) is 0 Å². The van der Waals surface area contributed by atoms with E-state index in [-0.39, 0.29) is 0 Å². The van der Waals surface area contributed by atoms with Crippen molar-refractivity contribution in [2.24, 2.45) is 0 Å². The van der Waals surface area contributed by atoms with Gasteiger partial charge in [-0.05, 0) is 81.2 Å². The van der Waals surface area contributed by atoms with Gasteiger partial charge in [0.05, 0.1) is 16.1 Å². The van der Waals surface area contributed by atoms with Crippen LogP contribution < -0.4 is 4.90 Å². The van der Waals surface area contributed by atoms with Gasteiger partial charge < -0.3 is 4.90 Å². The summed E-state index contributed by atoms with van der Waals surface area (Å²) in [5.41, 5.74) is 6.02. The fourth-order valence-electron chi connectivity index (χ4n) is 8.65. The van der Waals surface area contributed by atoms with Crippen molar-refractivity contribution in [2.45, 2.75) is 0 Å². The van der Waals surface area contributed by atoms with Crippen molar-refractivity contribution in [3.05, 3.63) is 176 Å². The van der Waals surface area contributed by atoms with Crippen molar-refractivity contribution in [1.82, 2.24) is 0 Å². The molecule has 252 valence electrons. The van der Waals surface area contributed by atoms with Crippen molar-refractivity contribution in [1.29, 1.82) is 0 Å². The molecule has 3 aromatic heterocycles. The van der Waals surface area contributed by atoms with Gasteiger partial charge in [-0.2, -0.15) is 0 Å². The summed E-state index contributed by atoms with van der Waals surface area (Å²) in [6.07, 6.45) is 0. The predicted molar refractivity (Wildman–Crippen MR) is 240 cm³/mol. The second-order valence-corrected chi connectivity index (χ2v) is 17.2. The van der Waals surface area contributed by atoms with Crippen LogP contribution in [0.2, 0.25) is 0 Å². The van der Waals surface area contributed by atoms with E-state index in [2.05, 4.69) is 181 Å². The highest BCUT2D eigenvalue weighted by molar-refractivity contribution is 7.28. The largest absolute Gasteiger partial charge is 0.308 e.